The third kappa shape index (κ3) is 2.48. The molecule has 0 aliphatic heterocycles. The Morgan fingerprint density at radius 3 is 2.90 bits per heavy atom. The van der Waals surface area contributed by atoms with Crippen LogP contribution in [-0.2, 0) is 12.4 Å². The summed E-state index contributed by atoms with van der Waals surface area (Å²) < 4.78 is 2.06. The highest BCUT2D eigenvalue weighted by Gasteiger charge is 2.12. The molecule has 2 heterocycles. The van der Waals surface area contributed by atoms with Crippen LogP contribution in [0.25, 0.3) is 11.0 Å². The topological polar surface area (TPSA) is 54.5 Å². The first-order chi connectivity index (χ1) is 10.2. The van der Waals surface area contributed by atoms with Crippen molar-refractivity contribution in [3.05, 3.63) is 59.2 Å². The Hall–Kier alpha value is -2.38. The summed E-state index contributed by atoms with van der Waals surface area (Å²) in [5, 5.41) is 9.07. The highest BCUT2D eigenvalue weighted by atomic mass is 35.5. The highest BCUT2D eigenvalue weighted by Crippen LogP contribution is 2.21. The van der Waals surface area contributed by atoms with Gasteiger partial charge in [0.15, 0.2) is 0 Å². The van der Waals surface area contributed by atoms with Gasteiger partial charge in [-0.3, -0.25) is 4.98 Å². The van der Waals surface area contributed by atoms with E-state index >= 15 is 0 Å². The first-order valence-corrected chi connectivity index (χ1v) is 7.11. The zero-order valence-electron chi connectivity index (χ0n) is 11.5. The quantitative estimate of drug-likeness (QED) is 0.696. The summed E-state index contributed by atoms with van der Waals surface area (Å²) in [6.45, 7) is 2.70. The number of aromatic nitrogens is 3. The normalized spacial score (nSPS) is 10.7. The second kappa shape index (κ2) is 5.55. The minimum Gasteiger partial charge on any atom is -0.322 e. The number of nitrogens with zero attached hydrogens (tertiary/aromatic N) is 4. The van der Waals surface area contributed by atoms with Crippen molar-refractivity contribution in [2.45, 2.75) is 19.3 Å². The van der Waals surface area contributed by atoms with Gasteiger partial charge >= 0.3 is 0 Å². The summed E-state index contributed by atoms with van der Waals surface area (Å²) >= 11 is 6.02. The second-order valence-electron chi connectivity index (χ2n) is 4.87. The first kappa shape index (κ1) is 13.6. The minimum atomic E-state index is 0.334. The molecule has 5 heteroatoms. The number of aryl methyl sites for hydroxylation is 1. The van der Waals surface area contributed by atoms with Gasteiger partial charge in [-0.15, -0.1) is 11.6 Å². The molecule has 4 nitrogen and oxygen atoms in total. The number of rotatable bonds is 3. The number of fused-ring (bicyclic) bond motifs is 1. The van der Waals surface area contributed by atoms with Crippen molar-refractivity contribution >= 4 is 22.6 Å². The zero-order chi connectivity index (χ0) is 14.8. The maximum absolute atomic E-state index is 9.07. The predicted octanol–water partition coefficient (Wildman–Crippen LogP) is 3.40. The van der Waals surface area contributed by atoms with Gasteiger partial charge in [-0.1, -0.05) is 0 Å². The van der Waals surface area contributed by atoms with Crippen LogP contribution in [-0.4, -0.2) is 14.5 Å². The molecular weight excluding hydrogens is 284 g/mol. The molecule has 0 saturated carbocycles. The third-order valence-corrected chi connectivity index (χ3v) is 3.78. The Morgan fingerprint density at radius 1 is 1.33 bits per heavy atom. The number of alkyl halides is 1. The molecule has 3 aromatic rings. The Balaban J connectivity index is 2.16. The van der Waals surface area contributed by atoms with Crippen molar-refractivity contribution in [2.24, 2.45) is 0 Å². The lowest BCUT2D eigenvalue weighted by atomic mass is 10.1. The van der Waals surface area contributed by atoms with Gasteiger partial charge in [0.2, 0.25) is 0 Å². The average molecular weight is 297 g/mol. The average Bonchev–Trinajstić information content (AvgIpc) is 2.86. The number of halogens is 1. The number of imidazole rings is 1. The molecule has 0 unspecified atom stereocenters. The summed E-state index contributed by atoms with van der Waals surface area (Å²) in [5.74, 6) is 1.14. The Morgan fingerprint density at radius 2 is 2.19 bits per heavy atom. The SMILES string of the molecule is Cc1cnccc1Cn1c(CCl)nc2ccc(C#N)cc21. The summed E-state index contributed by atoms with van der Waals surface area (Å²) in [6.07, 6.45) is 3.62. The van der Waals surface area contributed by atoms with Crippen LogP contribution < -0.4 is 0 Å². The third-order valence-electron chi connectivity index (χ3n) is 3.54. The highest BCUT2D eigenvalue weighted by molar-refractivity contribution is 6.16. The van der Waals surface area contributed by atoms with Crippen LogP contribution in [0.2, 0.25) is 0 Å². The van der Waals surface area contributed by atoms with E-state index in [0.717, 1.165) is 28.0 Å². The molecule has 0 spiro atoms. The van der Waals surface area contributed by atoms with Crippen molar-refractivity contribution in [3.63, 3.8) is 0 Å². The van der Waals surface area contributed by atoms with E-state index in [2.05, 4.69) is 20.6 Å². The van der Waals surface area contributed by atoms with E-state index in [4.69, 9.17) is 16.9 Å². The monoisotopic (exact) mass is 296 g/mol. The maximum atomic E-state index is 9.07. The molecule has 3 rings (SSSR count). The van der Waals surface area contributed by atoms with Crippen LogP contribution >= 0.6 is 11.6 Å². The molecule has 0 aliphatic rings. The smallest absolute Gasteiger partial charge is 0.125 e. The van der Waals surface area contributed by atoms with Crippen LogP contribution in [0.1, 0.15) is 22.5 Å². The largest absolute Gasteiger partial charge is 0.322 e. The number of pyridine rings is 1. The summed E-state index contributed by atoms with van der Waals surface area (Å²) in [6, 6.07) is 9.65. The summed E-state index contributed by atoms with van der Waals surface area (Å²) in [7, 11) is 0. The van der Waals surface area contributed by atoms with Crippen LogP contribution in [0.5, 0.6) is 0 Å². The number of hydrogen-bond donors (Lipinski definition) is 0. The van der Waals surface area contributed by atoms with Gasteiger partial charge in [0.25, 0.3) is 0 Å². The molecule has 0 amide bonds. The van der Waals surface area contributed by atoms with E-state index in [1.807, 2.05) is 31.3 Å². The fraction of sp³-hybridized carbons (Fsp3) is 0.188. The Labute approximate surface area is 127 Å². The fourth-order valence-corrected chi connectivity index (χ4v) is 2.57. The molecule has 0 atom stereocenters. The molecule has 104 valence electrons. The Bertz CT molecular complexity index is 845. The molecule has 0 aliphatic carbocycles. The minimum absolute atomic E-state index is 0.334. The van der Waals surface area contributed by atoms with Gasteiger partial charge in [0, 0.05) is 18.9 Å². The van der Waals surface area contributed by atoms with Crippen LogP contribution in [0.3, 0.4) is 0 Å². The van der Waals surface area contributed by atoms with Crippen molar-refractivity contribution in [1.29, 1.82) is 5.26 Å². The van der Waals surface area contributed by atoms with Crippen LogP contribution in [0.4, 0.5) is 0 Å². The fourth-order valence-electron chi connectivity index (χ4n) is 2.37. The van der Waals surface area contributed by atoms with Crippen molar-refractivity contribution in [2.75, 3.05) is 0 Å². The van der Waals surface area contributed by atoms with Gasteiger partial charge in [0.1, 0.15) is 5.82 Å². The standard InChI is InChI=1S/C16H13ClN4/c1-11-9-19-5-4-13(11)10-21-15-6-12(8-18)2-3-14(15)20-16(21)7-17/h2-6,9H,7,10H2,1H3. The number of benzene rings is 1. The van der Waals surface area contributed by atoms with Crippen LogP contribution in [0.15, 0.2) is 36.7 Å². The van der Waals surface area contributed by atoms with E-state index in [0.29, 0.717) is 18.0 Å². The molecule has 0 bridgehead atoms. The lowest BCUT2D eigenvalue weighted by molar-refractivity contribution is 0.772. The summed E-state index contributed by atoms with van der Waals surface area (Å²) in [5.41, 5.74) is 4.70. The first-order valence-electron chi connectivity index (χ1n) is 6.57. The molecule has 21 heavy (non-hydrogen) atoms. The maximum Gasteiger partial charge on any atom is 0.125 e. The van der Waals surface area contributed by atoms with Gasteiger partial charge in [0.05, 0.1) is 28.5 Å². The molecule has 0 radical (unpaired) electrons. The van der Waals surface area contributed by atoms with Gasteiger partial charge in [-0.05, 0) is 42.3 Å². The predicted molar refractivity (Wildman–Crippen MR) is 82.1 cm³/mol. The van der Waals surface area contributed by atoms with Crippen molar-refractivity contribution < 1.29 is 0 Å². The molecule has 2 aromatic heterocycles. The van der Waals surface area contributed by atoms with Gasteiger partial charge < -0.3 is 4.57 Å². The van der Waals surface area contributed by atoms with E-state index in [9.17, 15) is 0 Å². The number of hydrogen-bond acceptors (Lipinski definition) is 3. The molecule has 0 fully saturated rings. The Kier molecular flexibility index (Phi) is 3.59. The van der Waals surface area contributed by atoms with Crippen molar-refractivity contribution in [1.82, 2.24) is 14.5 Å². The zero-order valence-corrected chi connectivity index (χ0v) is 12.3. The van der Waals surface area contributed by atoms with E-state index in [1.165, 1.54) is 0 Å². The van der Waals surface area contributed by atoms with E-state index < -0.39 is 0 Å². The van der Waals surface area contributed by atoms with E-state index in [-0.39, 0.29) is 0 Å². The number of nitriles is 1. The van der Waals surface area contributed by atoms with Crippen LogP contribution in [0, 0.1) is 18.3 Å². The second-order valence-corrected chi connectivity index (χ2v) is 5.13. The van der Waals surface area contributed by atoms with Gasteiger partial charge in [-0.2, -0.15) is 5.26 Å². The lowest BCUT2D eigenvalue weighted by Gasteiger charge is -2.10. The molecule has 1 aromatic carbocycles. The van der Waals surface area contributed by atoms with Gasteiger partial charge in [-0.25, -0.2) is 4.98 Å². The van der Waals surface area contributed by atoms with Crippen molar-refractivity contribution in [3.8, 4) is 6.07 Å². The molecular formula is C16H13ClN4. The molecule has 0 N–H and O–H groups in total. The molecule has 0 saturated heterocycles. The summed E-state index contributed by atoms with van der Waals surface area (Å²) in [4.78, 5) is 8.65. The van der Waals surface area contributed by atoms with E-state index in [1.54, 1.807) is 12.3 Å². The lowest BCUT2D eigenvalue weighted by Crippen LogP contribution is -2.05.